The minimum absolute atomic E-state index is 0.152. The van der Waals surface area contributed by atoms with Crippen LogP contribution in [0.3, 0.4) is 0 Å². The Bertz CT molecular complexity index is 616. The summed E-state index contributed by atoms with van der Waals surface area (Å²) in [5, 5.41) is 0. The monoisotopic (exact) mass is 372 g/mol. The SMILES string of the molecule is C=NCCN(CCCc1ccccn1)C1CC2(CCN(C(=O)OCC)C2)C1. The van der Waals surface area contributed by atoms with Crippen molar-refractivity contribution in [1.82, 2.24) is 14.8 Å². The number of hydrogen-bond acceptors (Lipinski definition) is 5. The summed E-state index contributed by atoms with van der Waals surface area (Å²) in [6, 6.07) is 6.70. The van der Waals surface area contributed by atoms with E-state index < -0.39 is 0 Å². The van der Waals surface area contributed by atoms with Crippen molar-refractivity contribution in [3.63, 3.8) is 0 Å². The van der Waals surface area contributed by atoms with Crippen molar-refractivity contribution in [3.05, 3.63) is 30.1 Å². The molecule has 1 saturated carbocycles. The number of ether oxygens (including phenoxy) is 1. The zero-order valence-corrected chi connectivity index (χ0v) is 16.5. The van der Waals surface area contributed by atoms with Crippen molar-refractivity contribution in [1.29, 1.82) is 0 Å². The van der Waals surface area contributed by atoms with E-state index in [4.69, 9.17) is 4.74 Å². The molecule has 27 heavy (non-hydrogen) atoms. The van der Waals surface area contributed by atoms with Crippen molar-refractivity contribution in [2.75, 3.05) is 39.3 Å². The van der Waals surface area contributed by atoms with Gasteiger partial charge in [-0.15, -0.1) is 0 Å². The predicted molar refractivity (Wildman–Crippen MR) is 107 cm³/mol. The lowest BCUT2D eigenvalue weighted by atomic mass is 9.64. The number of aliphatic imine (C=N–C) groups is 1. The smallest absolute Gasteiger partial charge is 0.409 e. The van der Waals surface area contributed by atoms with Crippen molar-refractivity contribution in [2.24, 2.45) is 10.4 Å². The van der Waals surface area contributed by atoms with E-state index >= 15 is 0 Å². The number of carbonyl (C=O) groups is 1. The zero-order chi connectivity index (χ0) is 19.1. The first-order valence-corrected chi connectivity index (χ1v) is 10.1. The molecule has 1 saturated heterocycles. The Kier molecular flexibility index (Phi) is 6.83. The molecule has 2 fully saturated rings. The van der Waals surface area contributed by atoms with Gasteiger partial charge in [-0.25, -0.2) is 4.79 Å². The molecule has 1 spiro atoms. The average molecular weight is 373 g/mol. The Morgan fingerprint density at radius 1 is 1.44 bits per heavy atom. The second kappa shape index (κ2) is 9.31. The number of aromatic nitrogens is 1. The van der Waals surface area contributed by atoms with Gasteiger partial charge in [0.2, 0.25) is 0 Å². The number of likely N-dealkylation sites (tertiary alicyclic amines) is 1. The molecule has 1 aliphatic heterocycles. The van der Waals surface area contributed by atoms with Gasteiger partial charge in [0.05, 0.1) is 13.2 Å². The summed E-state index contributed by atoms with van der Waals surface area (Å²) in [6.07, 6.45) is 7.26. The third kappa shape index (κ3) is 5.06. The molecule has 6 heteroatoms. The van der Waals surface area contributed by atoms with Crippen LogP contribution in [0.1, 0.15) is 38.3 Å². The van der Waals surface area contributed by atoms with Crippen molar-refractivity contribution >= 4 is 12.8 Å². The molecule has 6 nitrogen and oxygen atoms in total. The van der Waals surface area contributed by atoms with Gasteiger partial charge in [0.1, 0.15) is 0 Å². The second-order valence-corrected chi connectivity index (χ2v) is 7.84. The Labute approximate surface area is 162 Å². The maximum Gasteiger partial charge on any atom is 0.409 e. The van der Waals surface area contributed by atoms with Crippen LogP contribution in [0.15, 0.2) is 29.4 Å². The van der Waals surface area contributed by atoms with E-state index in [9.17, 15) is 4.79 Å². The van der Waals surface area contributed by atoms with E-state index in [1.807, 2.05) is 30.2 Å². The lowest BCUT2D eigenvalue weighted by Crippen LogP contribution is -2.53. The van der Waals surface area contributed by atoms with Crippen molar-refractivity contribution < 1.29 is 9.53 Å². The molecule has 0 aromatic carbocycles. The van der Waals surface area contributed by atoms with Crippen LogP contribution >= 0.6 is 0 Å². The van der Waals surface area contributed by atoms with E-state index in [0.717, 1.165) is 57.7 Å². The molecule has 1 aliphatic carbocycles. The Hall–Kier alpha value is -1.95. The summed E-state index contributed by atoms with van der Waals surface area (Å²) in [7, 11) is 0. The number of aryl methyl sites for hydroxylation is 1. The topological polar surface area (TPSA) is 58.0 Å². The van der Waals surface area contributed by atoms with Crippen LogP contribution < -0.4 is 0 Å². The van der Waals surface area contributed by atoms with Gasteiger partial charge in [0.25, 0.3) is 0 Å². The fourth-order valence-electron chi connectivity index (χ4n) is 4.52. The molecule has 0 bridgehead atoms. The lowest BCUT2D eigenvalue weighted by Gasteiger charge is -2.50. The minimum Gasteiger partial charge on any atom is -0.450 e. The normalized spacial score (nSPS) is 24.2. The number of carbonyl (C=O) groups excluding carboxylic acids is 1. The van der Waals surface area contributed by atoms with Crippen LogP contribution in [0.5, 0.6) is 0 Å². The first-order valence-electron chi connectivity index (χ1n) is 10.1. The molecular formula is C21H32N4O2. The molecular weight excluding hydrogens is 340 g/mol. The second-order valence-electron chi connectivity index (χ2n) is 7.84. The molecule has 1 amide bonds. The number of rotatable bonds is 9. The summed E-state index contributed by atoms with van der Waals surface area (Å²) in [6.45, 7) is 10.4. The van der Waals surface area contributed by atoms with Gasteiger partial charge in [-0.05, 0) is 69.8 Å². The standard InChI is InChI=1S/C21H32N4O2/c1-3-27-20(26)25-13-9-21(17-25)15-19(16-21)24(14-11-22-2)12-6-8-18-7-4-5-10-23-18/h4-5,7,10,19H,2-3,6,8-9,11-17H2,1H3. The number of hydrogen-bond donors (Lipinski definition) is 0. The minimum atomic E-state index is -0.152. The van der Waals surface area contributed by atoms with E-state index in [0.29, 0.717) is 18.1 Å². The fraction of sp³-hybridized carbons (Fsp3) is 0.667. The van der Waals surface area contributed by atoms with E-state index in [-0.39, 0.29) is 6.09 Å². The van der Waals surface area contributed by atoms with Gasteiger partial charge in [-0.1, -0.05) is 6.07 Å². The van der Waals surface area contributed by atoms with Gasteiger partial charge >= 0.3 is 6.09 Å². The Morgan fingerprint density at radius 3 is 3.00 bits per heavy atom. The van der Waals surface area contributed by atoms with E-state index in [2.05, 4.69) is 27.7 Å². The molecule has 0 N–H and O–H groups in total. The number of pyridine rings is 1. The van der Waals surface area contributed by atoms with Crippen LogP contribution in [-0.2, 0) is 11.2 Å². The van der Waals surface area contributed by atoms with Gasteiger partial charge in [0, 0.05) is 37.6 Å². The van der Waals surface area contributed by atoms with Crippen LogP contribution in [0.4, 0.5) is 4.79 Å². The summed E-state index contributed by atoms with van der Waals surface area (Å²) in [5.41, 5.74) is 1.46. The molecule has 2 aliphatic rings. The van der Waals surface area contributed by atoms with E-state index in [1.54, 1.807) is 0 Å². The summed E-state index contributed by atoms with van der Waals surface area (Å²) in [4.78, 5) is 24.9. The van der Waals surface area contributed by atoms with Gasteiger partial charge in [0.15, 0.2) is 0 Å². The highest BCUT2D eigenvalue weighted by atomic mass is 16.6. The van der Waals surface area contributed by atoms with Gasteiger partial charge in [-0.3, -0.25) is 14.9 Å². The highest BCUT2D eigenvalue weighted by Gasteiger charge is 2.51. The maximum absolute atomic E-state index is 12.0. The first-order chi connectivity index (χ1) is 13.2. The van der Waals surface area contributed by atoms with Gasteiger partial charge in [-0.2, -0.15) is 0 Å². The fourth-order valence-corrected chi connectivity index (χ4v) is 4.52. The molecule has 2 heterocycles. The Balaban J connectivity index is 1.47. The molecule has 148 valence electrons. The Morgan fingerprint density at radius 2 is 2.30 bits per heavy atom. The van der Waals surface area contributed by atoms with Crippen LogP contribution in [-0.4, -0.2) is 73.0 Å². The molecule has 0 unspecified atom stereocenters. The number of amides is 1. The third-order valence-corrected chi connectivity index (χ3v) is 5.97. The van der Waals surface area contributed by atoms with E-state index in [1.165, 1.54) is 12.8 Å². The summed E-state index contributed by atoms with van der Waals surface area (Å²) >= 11 is 0. The maximum atomic E-state index is 12.0. The molecule has 0 atom stereocenters. The summed E-state index contributed by atoms with van der Waals surface area (Å²) in [5.74, 6) is 0. The largest absolute Gasteiger partial charge is 0.450 e. The lowest BCUT2D eigenvalue weighted by molar-refractivity contribution is 0.00729. The van der Waals surface area contributed by atoms with Crippen molar-refractivity contribution in [3.8, 4) is 0 Å². The average Bonchev–Trinajstić information content (AvgIpc) is 3.10. The summed E-state index contributed by atoms with van der Waals surface area (Å²) < 4.78 is 5.16. The zero-order valence-electron chi connectivity index (χ0n) is 16.5. The first kappa shape index (κ1) is 19.8. The predicted octanol–water partition coefficient (Wildman–Crippen LogP) is 3.03. The van der Waals surface area contributed by atoms with Crippen LogP contribution in [0.2, 0.25) is 0 Å². The molecule has 3 rings (SSSR count). The highest BCUT2D eigenvalue weighted by molar-refractivity contribution is 5.68. The van der Waals surface area contributed by atoms with Crippen LogP contribution in [0, 0.1) is 5.41 Å². The van der Waals surface area contributed by atoms with Crippen LogP contribution in [0.25, 0.3) is 0 Å². The highest BCUT2D eigenvalue weighted by Crippen LogP contribution is 2.50. The number of nitrogens with zero attached hydrogens (tertiary/aromatic N) is 4. The quantitative estimate of drug-likeness (QED) is 0.625. The molecule has 1 aromatic heterocycles. The molecule has 0 radical (unpaired) electrons. The van der Waals surface area contributed by atoms with Crippen molar-refractivity contribution in [2.45, 2.75) is 45.1 Å². The van der Waals surface area contributed by atoms with Gasteiger partial charge < -0.3 is 9.64 Å². The third-order valence-electron chi connectivity index (χ3n) is 5.97. The molecule has 1 aromatic rings.